The molecule has 1 N–H and O–H groups in total. The summed E-state index contributed by atoms with van der Waals surface area (Å²) in [5.41, 5.74) is 2.01. The van der Waals surface area contributed by atoms with Crippen LogP contribution in [0.2, 0.25) is 5.02 Å². The molecule has 118 valence electrons. The molecule has 1 heterocycles. The van der Waals surface area contributed by atoms with Crippen molar-refractivity contribution in [3.63, 3.8) is 0 Å². The Hall–Kier alpha value is -1.98. The first-order valence-electron chi connectivity index (χ1n) is 7.28. The predicted molar refractivity (Wildman–Crippen MR) is 93.8 cm³/mol. The quantitative estimate of drug-likeness (QED) is 0.686. The van der Waals surface area contributed by atoms with Gasteiger partial charge in [0.1, 0.15) is 5.75 Å². The molecule has 0 aliphatic carbocycles. The van der Waals surface area contributed by atoms with Crippen LogP contribution in [-0.4, -0.2) is 19.9 Å². The maximum absolute atomic E-state index is 9.41. The van der Waals surface area contributed by atoms with E-state index in [9.17, 15) is 5.11 Å². The summed E-state index contributed by atoms with van der Waals surface area (Å²) < 4.78 is 2.06. The minimum absolute atomic E-state index is 0.240. The van der Waals surface area contributed by atoms with Crippen LogP contribution < -0.4 is 0 Å². The van der Waals surface area contributed by atoms with Crippen LogP contribution in [0.1, 0.15) is 12.5 Å². The topological polar surface area (TPSA) is 50.9 Å². The third kappa shape index (κ3) is 3.51. The third-order valence-electron chi connectivity index (χ3n) is 3.47. The van der Waals surface area contributed by atoms with Crippen LogP contribution in [0, 0.1) is 0 Å². The number of phenols is 1. The van der Waals surface area contributed by atoms with Crippen LogP contribution >= 0.6 is 23.4 Å². The summed E-state index contributed by atoms with van der Waals surface area (Å²) in [4.78, 5) is 0. The van der Waals surface area contributed by atoms with Crippen LogP contribution in [0.5, 0.6) is 5.75 Å². The molecule has 2 aromatic carbocycles. The van der Waals surface area contributed by atoms with Gasteiger partial charge in [0.2, 0.25) is 0 Å². The van der Waals surface area contributed by atoms with Gasteiger partial charge >= 0.3 is 0 Å². The lowest BCUT2D eigenvalue weighted by atomic mass is 10.2. The highest BCUT2D eigenvalue weighted by Crippen LogP contribution is 2.29. The maximum atomic E-state index is 9.41. The van der Waals surface area contributed by atoms with Gasteiger partial charge in [0.25, 0.3) is 0 Å². The van der Waals surface area contributed by atoms with Crippen molar-refractivity contribution in [2.24, 2.45) is 0 Å². The highest BCUT2D eigenvalue weighted by Gasteiger charge is 2.13. The molecule has 0 unspecified atom stereocenters. The summed E-state index contributed by atoms with van der Waals surface area (Å²) >= 11 is 7.81. The normalized spacial score (nSPS) is 10.9. The molecule has 3 aromatic rings. The van der Waals surface area contributed by atoms with E-state index in [-0.39, 0.29) is 5.75 Å². The number of aromatic hydroxyl groups is 1. The van der Waals surface area contributed by atoms with Crippen molar-refractivity contribution in [1.82, 2.24) is 14.8 Å². The van der Waals surface area contributed by atoms with E-state index in [0.717, 1.165) is 39.4 Å². The zero-order valence-corrected chi connectivity index (χ0v) is 14.2. The van der Waals surface area contributed by atoms with Crippen molar-refractivity contribution in [2.45, 2.75) is 24.4 Å². The molecule has 0 spiro atoms. The number of hydrogen-bond acceptors (Lipinski definition) is 4. The van der Waals surface area contributed by atoms with E-state index < -0.39 is 0 Å². The van der Waals surface area contributed by atoms with Crippen molar-refractivity contribution in [3.8, 4) is 17.1 Å². The average molecular weight is 346 g/mol. The van der Waals surface area contributed by atoms with Gasteiger partial charge in [0.15, 0.2) is 11.0 Å². The predicted octanol–water partition coefficient (Wildman–Crippen LogP) is 4.62. The van der Waals surface area contributed by atoms with Gasteiger partial charge in [-0.05, 0) is 42.8 Å². The zero-order valence-electron chi connectivity index (χ0n) is 12.6. The van der Waals surface area contributed by atoms with Crippen LogP contribution in [-0.2, 0) is 12.3 Å². The minimum Gasteiger partial charge on any atom is -0.508 e. The summed E-state index contributed by atoms with van der Waals surface area (Å²) in [5.74, 6) is 1.78. The molecular formula is C17H16ClN3OS. The fourth-order valence-corrected chi connectivity index (χ4v) is 3.55. The standard InChI is InChI=1S/C17H16ClN3OS/c1-2-21-16(12-7-9-14(22)10-8-12)19-20-17(21)23-11-13-5-3-4-6-15(13)18/h3-10,22H,2,11H2,1H3. The molecule has 1 aromatic heterocycles. The smallest absolute Gasteiger partial charge is 0.191 e. The fraction of sp³-hybridized carbons (Fsp3) is 0.176. The van der Waals surface area contributed by atoms with E-state index in [1.807, 2.05) is 36.4 Å². The van der Waals surface area contributed by atoms with Crippen molar-refractivity contribution < 1.29 is 5.11 Å². The lowest BCUT2D eigenvalue weighted by Crippen LogP contribution is -1.99. The second kappa shape index (κ2) is 7.06. The minimum atomic E-state index is 0.240. The second-order valence-electron chi connectivity index (χ2n) is 4.98. The summed E-state index contributed by atoms with van der Waals surface area (Å²) in [6.07, 6.45) is 0. The molecule has 0 aliphatic heterocycles. The maximum Gasteiger partial charge on any atom is 0.191 e. The van der Waals surface area contributed by atoms with Crippen LogP contribution in [0.15, 0.2) is 53.7 Å². The third-order valence-corrected chi connectivity index (χ3v) is 4.86. The molecule has 0 amide bonds. The van der Waals surface area contributed by atoms with Gasteiger partial charge in [-0.2, -0.15) is 0 Å². The number of rotatable bonds is 5. The van der Waals surface area contributed by atoms with Crippen LogP contribution in [0.25, 0.3) is 11.4 Å². The van der Waals surface area contributed by atoms with Crippen LogP contribution in [0.4, 0.5) is 0 Å². The van der Waals surface area contributed by atoms with E-state index in [4.69, 9.17) is 11.6 Å². The zero-order chi connectivity index (χ0) is 16.2. The van der Waals surface area contributed by atoms with E-state index in [2.05, 4.69) is 21.7 Å². The van der Waals surface area contributed by atoms with Crippen molar-refractivity contribution >= 4 is 23.4 Å². The first kappa shape index (κ1) is 15.9. The van der Waals surface area contributed by atoms with Crippen molar-refractivity contribution in [2.75, 3.05) is 0 Å². The monoisotopic (exact) mass is 345 g/mol. The lowest BCUT2D eigenvalue weighted by Gasteiger charge is -2.08. The number of hydrogen-bond donors (Lipinski definition) is 1. The summed E-state index contributed by atoms with van der Waals surface area (Å²) in [5, 5.41) is 19.6. The molecule has 3 rings (SSSR count). The Morgan fingerprint density at radius 2 is 1.83 bits per heavy atom. The van der Waals surface area contributed by atoms with E-state index in [1.54, 1.807) is 23.9 Å². The first-order chi connectivity index (χ1) is 11.2. The number of nitrogens with zero attached hydrogens (tertiary/aromatic N) is 3. The van der Waals surface area contributed by atoms with Crippen LogP contribution in [0.3, 0.4) is 0 Å². The Balaban J connectivity index is 1.84. The number of phenolic OH excluding ortho intramolecular Hbond substituents is 1. The Bertz CT molecular complexity index is 802. The molecule has 0 aliphatic rings. The number of aromatic nitrogens is 3. The molecular weight excluding hydrogens is 330 g/mol. The molecule has 6 heteroatoms. The number of benzene rings is 2. The first-order valence-corrected chi connectivity index (χ1v) is 8.64. The Morgan fingerprint density at radius 1 is 1.09 bits per heavy atom. The van der Waals surface area contributed by atoms with Crippen molar-refractivity contribution in [3.05, 3.63) is 59.1 Å². The van der Waals surface area contributed by atoms with E-state index >= 15 is 0 Å². The highest BCUT2D eigenvalue weighted by molar-refractivity contribution is 7.98. The molecule has 0 bridgehead atoms. The summed E-state index contributed by atoms with van der Waals surface area (Å²) in [6, 6.07) is 14.8. The molecule has 0 atom stereocenters. The molecule has 0 saturated heterocycles. The van der Waals surface area contributed by atoms with Gasteiger partial charge in [0, 0.05) is 22.9 Å². The molecule has 0 radical (unpaired) electrons. The molecule has 4 nitrogen and oxygen atoms in total. The molecule has 0 saturated carbocycles. The van der Waals surface area contributed by atoms with Gasteiger partial charge < -0.3 is 9.67 Å². The van der Waals surface area contributed by atoms with Gasteiger partial charge in [-0.15, -0.1) is 10.2 Å². The number of halogens is 1. The fourth-order valence-electron chi connectivity index (χ4n) is 2.26. The Labute approximate surface area is 144 Å². The average Bonchev–Trinajstić information content (AvgIpc) is 2.97. The largest absolute Gasteiger partial charge is 0.508 e. The van der Waals surface area contributed by atoms with Gasteiger partial charge in [-0.25, -0.2) is 0 Å². The van der Waals surface area contributed by atoms with Crippen molar-refractivity contribution in [1.29, 1.82) is 0 Å². The number of thioether (sulfide) groups is 1. The van der Waals surface area contributed by atoms with E-state index in [0.29, 0.717) is 0 Å². The SMILES string of the molecule is CCn1c(SCc2ccccc2Cl)nnc1-c1ccc(O)cc1. The molecule has 23 heavy (non-hydrogen) atoms. The second-order valence-corrected chi connectivity index (χ2v) is 6.33. The van der Waals surface area contributed by atoms with E-state index in [1.165, 1.54) is 0 Å². The summed E-state index contributed by atoms with van der Waals surface area (Å²) in [6.45, 7) is 2.83. The van der Waals surface area contributed by atoms with Gasteiger partial charge in [-0.1, -0.05) is 41.6 Å². The van der Waals surface area contributed by atoms with Gasteiger partial charge in [-0.3, -0.25) is 0 Å². The molecule has 0 fully saturated rings. The Morgan fingerprint density at radius 3 is 2.52 bits per heavy atom. The summed E-state index contributed by atoms with van der Waals surface area (Å²) in [7, 11) is 0. The Kier molecular flexibility index (Phi) is 4.88. The lowest BCUT2D eigenvalue weighted by molar-refractivity contribution is 0.475. The highest BCUT2D eigenvalue weighted by atomic mass is 35.5. The van der Waals surface area contributed by atoms with Gasteiger partial charge in [0.05, 0.1) is 0 Å².